The van der Waals surface area contributed by atoms with Crippen LogP contribution in [-0.2, 0) is 33.9 Å². The quantitative estimate of drug-likeness (QED) is 0.0195. The molecule has 3 aromatic carbocycles. The lowest BCUT2D eigenvalue weighted by molar-refractivity contribution is -0.132. The minimum absolute atomic E-state index is 0.00288. The van der Waals surface area contributed by atoms with Crippen LogP contribution in [0.2, 0.25) is 0 Å². The molecular weight excluding hydrogens is 889 g/mol. The summed E-state index contributed by atoms with van der Waals surface area (Å²) in [4.78, 5) is 75.9. The average Bonchev–Trinajstić information content (AvgIpc) is 3.32. The third-order valence-corrected chi connectivity index (χ3v) is 10.5. The molecule has 0 aliphatic rings. The number of esters is 1. The number of aliphatic hydroxyl groups excluding tert-OH is 1. The molecule has 69 heavy (non-hydrogen) atoms. The number of benzene rings is 3. The Kier molecular flexibility index (Phi) is 24.9. The van der Waals surface area contributed by atoms with Crippen LogP contribution in [0.3, 0.4) is 0 Å². The van der Waals surface area contributed by atoms with Gasteiger partial charge >= 0.3 is 18.2 Å². The molecule has 18 heteroatoms. The summed E-state index contributed by atoms with van der Waals surface area (Å²) in [6, 6.07) is 13.7. The number of ether oxygens (including phenoxy) is 5. The van der Waals surface area contributed by atoms with Crippen molar-refractivity contribution in [1.29, 1.82) is 0 Å². The van der Waals surface area contributed by atoms with E-state index in [9.17, 15) is 28.8 Å². The van der Waals surface area contributed by atoms with Crippen molar-refractivity contribution >= 4 is 35.9 Å². The van der Waals surface area contributed by atoms with Crippen LogP contribution in [0.25, 0.3) is 0 Å². The number of primary amides is 1. The molecule has 0 saturated carbocycles. The maximum atomic E-state index is 13.5. The van der Waals surface area contributed by atoms with Crippen LogP contribution in [0.4, 0.5) is 9.59 Å². The Hall–Kier alpha value is -6.92. The van der Waals surface area contributed by atoms with E-state index in [1.54, 1.807) is 48.5 Å². The molecule has 2 atom stereocenters. The van der Waals surface area contributed by atoms with Crippen LogP contribution in [0, 0.1) is 11.8 Å². The van der Waals surface area contributed by atoms with Crippen molar-refractivity contribution < 1.29 is 57.6 Å². The Balaban J connectivity index is 1.44. The second-order valence-corrected chi connectivity index (χ2v) is 16.8. The molecule has 0 aliphatic heterocycles. The molecule has 0 saturated heterocycles. The predicted octanol–water partition coefficient (Wildman–Crippen LogP) is 6.25. The van der Waals surface area contributed by atoms with Crippen molar-refractivity contribution in [3.8, 4) is 28.7 Å². The summed E-state index contributed by atoms with van der Waals surface area (Å²) in [6.07, 6.45) is 12.8. The summed E-state index contributed by atoms with van der Waals surface area (Å²) in [5, 5.41) is 17.4. The van der Waals surface area contributed by atoms with Crippen LogP contribution in [-0.4, -0.2) is 92.9 Å². The van der Waals surface area contributed by atoms with Crippen LogP contribution in [0.1, 0.15) is 99.2 Å². The third-order valence-electron chi connectivity index (χ3n) is 10.5. The summed E-state index contributed by atoms with van der Waals surface area (Å²) in [7, 11) is 4.38. The second kappa shape index (κ2) is 30.5. The fraction of sp³-hybridized carbons (Fsp3) is 0.451. The highest BCUT2D eigenvalue weighted by Gasteiger charge is 2.21. The largest absolute Gasteiger partial charge is 0.493 e. The van der Waals surface area contributed by atoms with E-state index < -0.39 is 36.7 Å². The van der Waals surface area contributed by atoms with Gasteiger partial charge in [0.2, 0.25) is 17.7 Å². The maximum Gasteiger partial charge on any atom is 0.412 e. The smallest absolute Gasteiger partial charge is 0.412 e. The SMILES string of the molecule is COc1cc(CNC(=O)CCCC/C=C/C(C)Cc2ccc(OC(N)=O)c(C(=O)Oc3ccc(CNC(=O)CCCC/C=C/C(C)C)cc3OC)c2)ccc1OC(=O)NCCN(C)C(=O)[C@@H](N)CO. The van der Waals surface area contributed by atoms with Crippen molar-refractivity contribution in [3.63, 3.8) is 0 Å². The van der Waals surface area contributed by atoms with Crippen LogP contribution in [0.5, 0.6) is 28.7 Å². The number of amides is 5. The Bertz CT molecular complexity index is 2230. The summed E-state index contributed by atoms with van der Waals surface area (Å²) >= 11 is 0. The Morgan fingerprint density at radius 2 is 1.22 bits per heavy atom. The van der Waals surface area contributed by atoms with E-state index in [0.717, 1.165) is 48.8 Å². The lowest BCUT2D eigenvalue weighted by Gasteiger charge is -2.20. The van der Waals surface area contributed by atoms with E-state index in [0.29, 0.717) is 37.4 Å². The lowest BCUT2D eigenvalue weighted by atomic mass is 9.98. The van der Waals surface area contributed by atoms with Crippen molar-refractivity contribution in [3.05, 3.63) is 101 Å². The number of nitrogens with zero attached hydrogens (tertiary/aromatic N) is 1. The number of carbonyl (C=O) groups is 6. The van der Waals surface area contributed by atoms with Crippen molar-refractivity contribution in [2.75, 3.05) is 41.0 Å². The second-order valence-electron chi connectivity index (χ2n) is 16.8. The molecule has 0 heterocycles. The maximum absolute atomic E-state index is 13.5. The van der Waals surface area contributed by atoms with Gasteiger partial charge in [0.15, 0.2) is 23.0 Å². The van der Waals surface area contributed by atoms with Crippen molar-refractivity contribution in [2.45, 2.75) is 97.7 Å². The Labute approximate surface area is 405 Å². The fourth-order valence-corrected chi connectivity index (χ4v) is 6.77. The van der Waals surface area contributed by atoms with E-state index in [4.69, 9.17) is 40.3 Å². The molecule has 3 aromatic rings. The van der Waals surface area contributed by atoms with Gasteiger partial charge in [0.1, 0.15) is 17.4 Å². The number of likely N-dealkylation sites (N-methyl/N-ethyl adjacent to an activating group) is 1. The van der Waals surface area contributed by atoms with Gasteiger partial charge in [-0.3, -0.25) is 14.4 Å². The first-order chi connectivity index (χ1) is 33.0. The number of hydrogen-bond donors (Lipinski definition) is 6. The van der Waals surface area contributed by atoms with Gasteiger partial charge in [-0.2, -0.15) is 0 Å². The minimum Gasteiger partial charge on any atom is -0.493 e. The molecule has 0 aromatic heterocycles. The summed E-state index contributed by atoms with van der Waals surface area (Å²) in [5.74, 6) is 0.00140. The topological polar surface area (TPSA) is 260 Å². The first kappa shape index (κ1) is 56.4. The number of carbonyl (C=O) groups excluding carboxylic acids is 6. The van der Waals surface area contributed by atoms with E-state index in [-0.39, 0.29) is 72.5 Å². The number of aliphatic hydroxyl groups is 1. The predicted molar refractivity (Wildman–Crippen MR) is 261 cm³/mol. The van der Waals surface area contributed by atoms with Gasteiger partial charge < -0.3 is 61.1 Å². The highest BCUT2D eigenvalue weighted by molar-refractivity contribution is 5.95. The van der Waals surface area contributed by atoms with Crippen molar-refractivity contribution in [1.82, 2.24) is 20.9 Å². The van der Waals surface area contributed by atoms with Gasteiger partial charge in [-0.1, -0.05) is 63.3 Å². The highest BCUT2D eigenvalue weighted by Crippen LogP contribution is 2.31. The van der Waals surface area contributed by atoms with Gasteiger partial charge in [-0.05, 0) is 110 Å². The molecule has 1 unspecified atom stereocenters. The molecule has 0 aliphatic carbocycles. The number of rotatable bonds is 29. The average molecular weight is 959 g/mol. The highest BCUT2D eigenvalue weighted by atomic mass is 16.6. The monoisotopic (exact) mass is 959 g/mol. The number of allylic oxidation sites excluding steroid dienone is 4. The van der Waals surface area contributed by atoms with Gasteiger partial charge in [-0.15, -0.1) is 0 Å². The number of hydrogen-bond acceptors (Lipinski definition) is 13. The third kappa shape index (κ3) is 21.3. The molecular formula is C51H70N6O12. The van der Waals surface area contributed by atoms with Crippen LogP contribution < -0.4 is 51.1 Å². The molecule has 0 bridgehead atoms. The number of nitrogens with one attached hydrogen (secondary N) is 3. The molecule has 376 valence electrons. The van der Waals surface area contributed by atoms with E-state index in [1.165, 1.54) is 32.2 Å². The first-order valence-corrected chi connectivity index (χ1v) is 23.1. The molecule has 8 N–H and O–H groups in total. The fourth-order valence-electron chi connectivity index (χ4n) is 6.77. The molecule has 3 rings (SSSR count). The first-order valence-electron chi connectivity index (χ1n) is 23.1. The number of unbranched alkanes of at least 4 members (excludes halogenated alkanes) is 4. The zero-order chi connectivity index (χ0) is 50.7. The van der Waals surface area contributed by atoms with Crippen LogP contribution >= 0.6 is 0 Å². The molecule has 0 radical (unpaired) electrons. The van der Waals surface area contributed by atoms with Crippen LogP contribution in [0.15, 0.2) is 78.9 Å². The zero-order valence-corrected chi connectivity index (χ0v) is 40.7. The van der Waals surface area contributed by atoms with E-state index >= 15 is 0 Å². The minimum atomic E-state index is -1.08. The summed E-state index contributed by atoms with van der Waals surface area (Å²) < 4.78 is 27.1. The van der Waals surface area contributed by atoms with Gasteiger partial charge in [0.25, 0.3) is 0 Å². The number of nitrogens with two attached hydrogens (primary N) is 2. The number of methoxy groups -OCH3 is 2. The zero-order valence-electron chi connectivity index (χ0n) is 40.7. The van der Waals surface area contributed by atoms with E-state index in [2.05, 4.69) is 54.1 Å². The van der Waals surface area contributed by atoms with Gasteiger partial charge in [0, 0.05) is 46.1 Å². The molecule has 0 fully saturated rings. The molecule has 18 nitrogen and oxygen atoms in total. The van der Waals surface area contributed by atoms with Gasteiger partial charge in [0.05, 0.1) is 20.8 Å². The summed E-state index contributed by atoms with van der Waals surface area (Å²) in [6.45, 7) is 6.57. The molecule has 0 spiro atoms. The Morgan fingerprint density at radius 3 is 1.75 bits per heavy atom. The Morgan fingerprint density at radius 1 is 0.681 bits per heavy atom. The normalized spacial score (nSPS) is 12.0. The van der Waals surface area contributed by atoms with Crippen molar-refractivity contribution in [2.24, 2.45) is 23.3 Å². The standard InChI is InChI=1S/C51H70N6O12/c1-34(2)15-11-7-9-13-17-46(59)55-31-37-20-23-42(44(29-37)65-5)67-49(62)39-28-36(19-22-41(39)68-50(53)63)27-35(3)16-12-8-10-14-18-47(60)56-32-38-21-24-43(45(30-38)66-6)69-51(64)54-25-26-57(4)48(61)40(52)33-58/h11-12,15-16,19-24,28-30,34-35,40,58H,7-10,13-14,17-18,25-27,31-33,52H2,1-6H3,(H2,53,63)(H,54,64)(H,55,59)(H,56,60)/b15-11+,16-12+/t35?,40-/m0/s1. The lowest BCUT2D eigenvalue weighted by Crippen LogP contribution is -2.46. The molecule has 5 amide bonds. The van der Waals surface area contributed by atoms with E-state index in [1.807, 2.05) is 6.92 Å². The van der Waals surface area contributed by atoms with Gasteiger partial charge in [-0.25, -0.2) is 14.4 Å². The summed E-state index contributed by atoms with van der Waals surface area (Å²) in [5.41, 5.74) is 13.1.